The summed E-state index contributed by atoms with van der Waals surface area (Å²) in [6.07, 6.45) is 8.21. The highest BCUT2D eigenvalue weighted by Crippen LogP contribution is 2.18. The molecule has 0 N–H and O–H groups in total. The lowest BCUT2D eigenvalue weighted by atomic mass is 10.0. The van der Waals surface area contributed by atoms with Crippen LogP contribution in [0.15, 0.2) is 18.5 Å². The Balaban J connectivity index is 1.71. The van der Waals surface area contributed by atoms with Gasteiger partial charge in [-0.1, -0.05) is 0 Å². The van der Waals surface area contributed by atoms with Crippen LogP contribution in [0, 0.1) is 0 Å². The summed E-state index contributed by atoms with van der Waals surface area (Å²) >= 11 is 0. The molecule has 0 bridgehead atoms. The summed E-state index contributed by atoms with van der Waals surface area (Å²) in [5.74, 6) is 0.146. The van der Waals surface area contributed by atoms with Gasteiger partial charge in [0.25, 0.3) is 0 Å². The molecule has 1 atom stereocenters. The molecule has 2 rings (SSSR count). The van der Waals surface area contributed by atoms with Gasteiger partial charge in [-0.25, -0.2) is 0 Å². The van der Waals surface area contributed by atoms with Crippen molar-refractivity contribution in [3.63, 3.8) is 0 Å². The number of Topliss-reactive ketones (excluding diaryl/α,β-unsaturated/α-hetero) is 1. The molecule has 4 nitrogen and oxygen atoms in total. The first-order valence-corrected chi connectivity index (χ1v) is 5.78. The van der Waals surface area contributed by atoms with E-state index in [1.807, 2.05) is 0 Å². The predicted molar refractivity (Wildman–Crippen MR) is 59.2 cm³/mol. The third-order valence-electron chi connectivity index (χ3n) is 2.86. The van der Waals surface area contributed by atoms with Gasteiger partial charge in [0.15, 0.2) is 5.78 Å². The standard InChI is InChI=1S/C12H16N2O2/c15-12(10-6-7-13-14-9-10)5-1-3-11-4-2-8-16-11/h6-7,9,11H,1-5,8H2. The van der Waals surface area contributed by atoms with Gasteiger partial charge in [0.05, 0.1) is 18.5 Å². The Morgan fingerprint density at radius 3 is 3.12 bits per heavy atom. The van der Waals surface area contributed by atoms with Crippen LogP contribution in [0.3, 0.4) is 0 Å². The van der Waals surface area contributed by atoms with E-state index in [4.69, 9.17) is 4.74 Å². The number of rotatable bonds is 5. The summed E-state index contributed by atoms with van der Waals surface area (Å²) in [4.78, 5) is 11.7. The fraction of sp³-hybridized carbons (Fsp3) is 0.583. The van der Waals surface area contributed by atoms with E-state index in [2.05, 4.69) is 10.2 Å². The number of aromatic nitrogens is 2. The first-order valence-electron chi connectivity index (χ1n) is 5.78. The molecule has 1 aliphatic heterocycles. The van der Waals surface area contributed by atoms with Crippen molar-refractivity contribution in [2.24, 2.45) is 0 Å². The minimum atomic E-state index is 0.146. The topological polar surface area (TPSA) is 52.1 Å². The maximum absolute atomic E-state index is 11.7. The van der Waals surface area contributed by atoms with E-state index >= 15 is 0 Å². The van der Waals surface area contributed by atoms with Crippen LogP contribution < -0.4 is 0 Å². The van der Waals surface area contributed by atoms with Crippen LogP contribution in [0.2, 0.25) is 0 Å². The normalized spacial score (nSPS) is 19.9. The average Bonchev–Trinajstić information content (AvgIpc) is 2.83. The SMILES string of the molecule is O=C(CCCC1CCCO1)c1ccnnc1. The van der Waals surface area contributed by atoms with Crippen LogP contribution >= 0.6 is 0 Å². The molecule has 86 valence electrons. The molecule has 0 aliphatic carbocycles. The molecule has 1 aromatic rings. The first-order chi connectivity index (χ1) is 7.86. The fourth-order valence-corrected chi connectivity index (χ4v) is 1.96. The summed E-state index contributed by atoms with van der Waals surface area (Å²) in [5, 5.41) is 7.34. The van der Waals surface area contributed by atoms with Crippen LogP contribution in [0.4, 0.5) is 0 Å². The number of nitrogens with zero attached hydrogens (tertiary/aromatic N) is 2. The van der Waals surface area contributed by atoms with Gasteiger partial charge in [0.2, 0.25) is 0 Å². The number of ether oxygens (including phenoxy) is 1. The van der Waals surface area contributed by atoms with Crippen LogP contribution in [-0.2, 0) is 4.74 Å². The zero-order valence-electron chi connectivity index (χ0n) is 9.26. The van der Waals surface area contributed by atoms with Gasteiger partial charge >= 0.3 is 0 Å². The molecule has 1 aromatic heterocycles. The molecule has 1 saturated heterocycles. The zero-order chi connectivity index (χ0) is 11.2. The summed E-state index contributed by atoms with van der Waals surface area (Å²) in [6, 6.07) is 1.71. The molecular weight excluding hydrogens is 204 g/mol. The molecule has 1 aliphatic rings. The Morgan fingerprint density at radius 2 is 2.44 bits per heavy atom. The predicted octanol–water partition coefficient (Wildman–Crippen LogP) is 2.01. The Labute approximate surface area is 95.0 Å². The lowest BCUT2D eigenvalue weighted by Crippen LogP contribution is -2.06. The van der Waals surface area contributed by atoms with Gasteiger partial charge in [-0.05, 0) is 31.7 Å². The van der Waals surface area contributed by atoms with E-state index in [0.29, 0.717) is 18.1 Å². The highest BCUT2D eigenvalue weighted by molar-refractivity contribution is 5.95. The van der Waals surface area contributed by atoms with Gasteiger partial charge in [-0.3, -0.25) is 4.79 Å². The molecule has 4 heteroatoms. The summed E-state index contributed by atoms with van der Waals surface area (Å²) in [7, 11) is 0. The van der Waals surface area contributed by atoms with Crippen molar-refractivity contribution in [1.82, 2.24) is 10.2 Å². The van der Waals surface area contributed by atoms with Crippen molar-refractivity contribution in [2.75, 3.05) is 6.61 Å². The van der Waals surface area contributed by atoms with Crippen LogP contribution in [0.1, 0.15) is 42.5 Å². The molecule has 2 heterocycles. The minimum Gasteiger partial charge on any atom is -0.378 e. The van der Waals surface area contributed by atoms with Crippen LogP contribution in [0.25, 0.3) is 0 Å². The van der Waals surface area contributed by atoms with Gasteiger partial charge in [0.1, 0.15) is 0 Å². The smallest absolute Gasteiger partial charge is 0.164 e. The summed E-state index contributed by atoms with van der Waals surface area (Å²) in [5.41, 5.74) is 0.655. The van der Waals surface area contributed by atoms with Gasteiger partial charge in [-0.2, -0.15) is 10.2 Å². The van der Waals surface area contributed by atoms with Crippen molar-refractivity contribution in [2.45, 2.75) is 38.2 Å². The molecule has 0 aromatic carbocycles. The quantitative estimate of drug-likeness (QED) is 0.712. The van der Waals surface area contributed by atoms with Gasteiger partial charge in [0, 0.05) is 18.6 Å². The average molecular weight is 220 g/mol. The van der Waals surface area contributed by atoms with Crippen molar-refractivity contribution < 1.29 is 9.53 Å². The Hall–Kier alpha value is -1.29. The largest absolute Gasteiger partial charge is 0.378 e. The third kappa shape index (κ3) is 3.10. The van der Waals surface area contributed by atoms with Crippen LogP contribution in [0.5, 0.6) is 0 Å². The van der Waals surface area contributed by atoms with Gasteiger partial charge in [-0.15, -0.1) is 0 Å². The third-order valence-corrected chi connectivity index (χ3v) is 2.86. The van der Waals surface area contributed by atoms with Crippen molar-refractivity contribution >= 4 is 5.78 Å². The van der Waals surface area contributed by atoms with Crippen molar-refractivity contribution in [3.8, 4) is 0 Å². The van der Waals surface area contributed by atoms with Crippen molar-refractivity contribution in [1.29, 1.82) is 0 Å². The van der Waals surface area contributed by atoms with Gasteiger partial charge < -0.3 is 4.74 Å². The van der Waals surface area contributed by atoms with E-state index in [-0.39, 0.29) is 5.78 Å². The number of ketones is 1. The number of hydrogen-bond donors (Lipinski definition) is 0. The zero-order valence-corrected chi connectivity index (χ0v) is 9.26. The van der Waals surface area contributed by atoms with Crippen LogP contribution in [-0.4, -0.2) is 28.7 Å². The molecule has 0 spiro atoms. The summed E-state index contributed by atoms with van der Waals surface area (Å²) < 4.78 is 5.51. The summed E-state index contributed by atoms with van der Waals surface area (Å²) in [6.45, 7) is 0.882. The Morgan fingerprint density at radius 1 is 1.50 bits per heavy atom. The van der Waals surface area contributed by atoms with Crippen molar-refractivity contribution in [3.05, 3.63) is 24.0 Å². The Bertz CT molecular complexity index is 334. The molecule has 0 radical (unpaired) electrons. The number of carbonyl (C=O) groups excluding carboxylic acids is 1. The fourth-order valence-electron chi connectivity index (χ4n) is 1.96. The molecule has 1 fully saturated rings. The Kier molecular flexibility index (Phi) is 3.99. The maximum Gasteiger partial charge on any atom is 0.164 e. The van der Waals surface area contributed by atoms with E-state index in [1.165, 1.54) is 6.20 Å². The first kappa shape index (κ1) is 11.2. The second kappa shape index (κ2) is 5.70. The van der Waals surface area contributed by atoms with E-state index in [9.17, 15) is 4.79 Å². The lowest BCUT2D eigenvalue weighted by Gasteiger charge is -2.07. The van der Waals surface area contributed by atoms with E-state index < -0.39 is 0 Å². The second-order valence-corrected chi connectivity index (χ2v) is 4.08. The molecule has 1 unspecified atom stereocenters. The molecule has 0 amide bonds. The monoisotopic (exact) mass is 220 g/mol. The van der Waals surface area contributed by atoms with E-state index in [1.54, 1.807) is 12.3 Å². The number of hydrogen-bond acceptors (Lipinski definition) is 4. The maximum atomic E-state index is 11.7. The highest BCUT2D eigenvalue weighted by atomic mass is 16.5. The second-order valence-electron chi connectivity index (χ2n) is 4.08. The molecule has 0 saturated carbocycles. The molecular formula is C12H16N2O2. The molecule has 16 heavy (non-hydrogen) atoms. The number of carbonyl (C=O) groups is 1. The highest BCUT2D eigenvalue weighted by Gasteiger charge is 2.15. The minimum absolute atomic E-state index is 0.146. The lowest BCUT2D eigenvalue weighted by molar-refractivity contribution is 0.0922. The van der Waals surface area contributed by atoms with E-state index in [0.717, 1.165) is 32.3 Å².